The van der Waals surface area contributed by atoms with Gasteiger partial charge < -0.3 is 10.2 Å². The van der Waals surface area contributed by atoms with Crippen molar-refractivity contribution in [2.45, 2.75) is 13.5 Å². The first-order valence-corrected chi connectivity index (χ1v) is 5.82. The summed E-state index contributed by atoms with van der Waals surface area (Å²) in [6.07, 6.45) is 3.65. The third kappa shape index (κ3) is 1.29. The minimum atomic E-state index is 0.463. The lowest BCUT2D eigenvalue weighted by Gasteiger charge is -1.96. The Hall–Kier alpha value is -1.59. The molecular formula is C11H11N3OS. The molecule has 82 valence electrons. The normalized spacial score (nSPS) is 11.4. The van der Waals surface area contributed by atoms with Crippen LogP contribution in [0.2, 0.25) is 0 Å². The molecule has 0 spiro atoms. The first-order chi connectivity index (χ1) is 7.79. The fourth-order valence-corrected chi connectivity index (χ4v) is 2.78. The number of imidazole rings is 1. The summed E-state index contributed by atoms with van der Waals surface area (Å²) in [7, 11) is 0. The van der Waals surface area contributed by atoms with Gasteiger partial charge in [-0.25, -0.2) is 4.98 Å². The molecule has 0 radical (unpaired) electrons. The molecule has 0 unspecified atom stereocenters. The average molecular weight is 233 g/mol. The highest BCUT2D eigenvalue weighted by Gasteiger charge is 2.14. The van der Waals surface area contributed by atoms with E-state index >= 15 is 0 Å². The van der Waals surface area contributed by atoms with Crippen LogP contribution in [-0.4, -0.2) is 9.38 Å². The zero-order valence-corrected chi connectivity index (χ0v) is 9.62. The summed E-state index contributed by atoms with van der Waals surface area (Å²) in [6, 6.07) is 3.84. The summed E-state index contributed by atoms with van der Waals surface area (Å²) in [4.78, 5) is 6.60. The SMILES string of the molecule is Cc1sc2nc(CN)cn2c1-c1ccco1. The number of nitrogens with zero attached hydrogens (tertiary/aromatic N) is 2. The number of hydrogen-bond acceptors (Lipinski definition) is 4. The van der Waals surface area contributed by atoms with Gasteiger partial charge in [-0.1, -0.05) is 0 Å². The quantitative estimate of drug-likeness (QED) is 0.739. The van der Waals surface area contributed by atoms with Crippen LogP contribution in [0.4, 0.5) is 0 Å². The van der Waals surface area contributed by atoms with Crippen LogP contribution < -0.4 is 5.73 Å². The van der Waals surface area contributed by atoms with Crippen LogP contribution in [0, 0.1) is 6.92 Å². The first-order valence-electron chi connectivity index (χ1n) is 5.01. The van der Waals surface area contributed by atoms with Gasteiger partial charge in [0.25, 0.3) is 0 Å². The highest BCUT2D eigenvalue weighted by molar-refractivity contribution is 7.17. The number of aryl methyl sites for hydroxylation is 1. The minimum absolute atomic E-state index is 0.463. The second-order valence-corrected chi connectivity index (χ2v) is 4.75. The van der Waals surface area contributed by atoms with Crippen LogP contribution in [0.5, 0.6) is 0 Å². The molecule has 0 saturated carbocycles. The van der Waals surface area contributed by atoms with Gasteiger partial charge in [-0.05, 0) is 19.1 Å². The molecule has 0 atom stereocenters. The molecule has 4 nitrogen and oxygen atoms in total. The Kier molecular flexibility index (Phi) is 2.08. The molecule has 3 heterocycles. The van der Waals surface area contributed by atoms with Gasteiger partial charge in [0.1, 0.15) is 5.69 Å². The van der Waals surface area contributed by atoms with Gasteiger partial charge in [-0.15, -0.1) is 11.3 Å². The molecule has 0 saturated heterocycles. The molecule has 3 aromatic rings. The van der Waals surface area contributed by atoms with E-state index in [1.165, 1.54) is 4.88 Å². The molecule has 2 N–H and O–H groups in total. The van der Waals surface area contributed by atoms with Crippen molar-refractivity contribution in [3.63, 3.8) is 0 Å². The molecule has 0 aliphatic rings. The van der Waals surface area contributed by atoms with E-state index in [1.54, 1.807) is 17.6 Å². The smallest absolute Gasteiger partial charge is 0.194 e. The summed E-state index contributed by atoms with van der Waals surface area (Å²) >= 11 is 1.65. The van der Waals surface area contributed by atoms with Crippen LogP contribution in [0.25, 0.3) is 16.4 Å². The van der Waals surface area contributed by atoms with E-state index in [0.717, 1.165) is 22.1 Å². The highest BCUT2D eigenvalue weighted by atomic mass is 32.1. The van der Waals surface area contributed by atoms with Gasteiger partial charge in [-0.3, -0.25) is 4.40 Å². The third-order valence-electron chi connectivity index (χ3n) is 2.51. The molecule has 5 heteroatoms. The van der Waals surface area contributed by atoms with Crippen LogP contribution in [0.3, 0.4) is 0 Å². The number of aromatic nitrogens is 2. The van der Waals surface area contributed by atoms with Gasteiger partial charge in [0, 0.05) is 17.6 Å². The second-order valence-electron chi connectivity index (χ2n) is 3.57. The third-order valence-corrected chi connectivity index (χ3v) is 3.48. The molecule has 16 heavy (non-hydrogen) atoms. The predicted octanol–water partition coefficient (Wildman–Crippen LogP) is 2.42. The Balaban J connectivity index is 2.29. The number of nitrogens with two attached hydrogens (primary N) is 1. The maximum Gasteiger partial charge on any atom is 0.194 e. The maximum atomic E-state index is 5.59. The summed E-state index contributed by atoms with van der Waals surface area (Å²) in [5, 5.41) is 0. The van der Waals surface area contributed by atoms with Crippen molar-refractivity contribution in [3.05, 3.63) is 35.2 Å². The Morgan fingerprint density at radius 3 is 3.12 bits per heavy atom. The molecule has 3 rings (SSSR count). The van der Waals surface area contributed by atoms with Crippen molar-refractivity contribution in [1.82, 2.24) is 9.38 Å². The standard InChI is InChI=1S/C11H11N3OS/c1-7-10(9-3-2-4-15-9)14-6-8(5-12)13-11(14)16-7/h2-4,6H,5,12H2,1H3. The van der Waals surface area contributed by atoms with E-state index in [-0.39, 0.29) is 0 Å². The molecule has 0 aliphatic carbocycles. The van der Waals surface area contributed by atoms with Crippen LogP contribution in [-0.2, 0) is 6.54 Å². The Morgan fingerprint density at radius 1 is 1.56 bits per heavy atom. The largest absolute Gasteiger partial charge is 0.463 e. The topological polar surface area (TPSA) is 56.5 Å². The number of furan rings is 1. The lowest BCUT2D eigenvalue weighted by molar-refractivity contribution is 0.579. The van der Waals surface area contributed by atoms with Crippen molar-refractivity contribution in [2.75, 3.05) is 0 Å². The van der Waals surface area contributed by atoms with Crippen molar-refractivity contribution in [1.29, 1.82) is 0 Å². The molecule has 0 bridgehead atoms. The molecule has 0 aliphatic heterocycles. The summed E-state index contributed by atoms with van der Waals surface area (Å²) < 4.78 is 7.48. The van der Waals surface area contributed by atoms with Crippen molar-refractivity contribution >= 4 is 16.3 Å². The van der Waals surface area contributed by atoms with E-state index in [9.17, 15) is 0 Å². The van der Waals surface area contributed by atoms with E-state index in [2.05, 4.69) is 11.9 Å². The van der Waals surface area contributed by atoms with Crippen LogP contribution in [0.15, 0.2) is 29.0 Å². The minimum Gasteiger partial charge on any atom is -0.463 e. The van der Waals surface area contributed by atoms with E-state index in [0.29, 0.717) is 6.54 Å². The Labute approximate surface area is 96.3 Å². The van der Waals surface area contributed by atoms with Crippen molar-refractivity contribution in [3.8, 4) is 11.5 Å². The lowest BCUT2D eigenvalue weighted by atomic mass is 10.3. The van der Waals surface area contributed by atoms with Crippen LogP contribution in [0.1, 0.15) is 10.6 Å². The fraction of sp³-hybridized carbons (Fsp3) is 0.182. The van der Waals surface area contributed by atoms with Gasteiger partial charge >= 0.3 is 0 Å². The van der Waals surface area contributed by atoms with Crippen molar-refractivity contribution in [2.24, 2.45) is 5.73 Å². The Morgan fingerprint density at radius 2 is 2.44 bits per heavy atom. The maximum absolute atomic E-state index is 5.59. The van der Waals surface area contributed by atoms with Crippen LogP contribution >= 0.6 is 11.3 Å². The number of hydrogen-bond donors (Lipinski definition) is 1. The monoisotopic (exact) mass is 233 g/mol. The number of thiazole rings is 1. The number of fused-ring (bicyclic) bond motifs is 1. The zero-order chi connectivity index (χ0) is 11.1. The summed E-state index contributed by atoms with van der Waals surface area (Å²) in [5.41, 5.74) is 7.55. The van der Waals surface area contributed by atoms with Gasteiger partial charge in [-0.2, -0.15) is 0 Å². The van der Waals surface area contributed by atoms with Gasteiger partial charge in [0.05, 0.1) is 12.0 Å². The first kappa shape index (κ1) is 9.62. The van der Waals surface area contributed by atoms with E-state index < -0.39 is 0 Å². The molecule has 0 fully saturated rings. The average Bonchev–Trinajstić information content (AvgIpc) is 2.92. The second kappa shape index (κ2) is 3.47. The molecular weight excluding hydrogens is 222 g/mol. The fourth-order valence-electron chi connectivity index (χ4n) is 1.80. The molecule has 0 amide bonds. The lowest BCUT2D eigenvalue weighted by Crippen LogP contribution is -1.95. The molecule has 3 aromatic heterocycles. The highest BCUT2D eigenvalue weighted by Crippen LogP contribution is 2.31. The van der Waals surface area contributed by atoms with E-state index in [4.69, 9.17) is 10.2 Å². The van der Waals surface area contributed by atoms with Gasteiger partial charge in [0.2, 0.25) is 0 Å². The summed E-state index contributed by atoms with van der Waals surface area (Å²) in [6.45, 7) is 2.53. The Bertz CT molecular complexity index is 621. The molecule has 0 aromatic carbocycles. The zero-order valence-electron chi connectivity index (χ0n) is 8.80. The summed E-state index contributed by atoms with van der Waals surface area (Å²) in [5.74, 6) is 0.865. The van der Waals surface area contributed by atoms with Gasteiger partial charge in [0.15, 0.2) is 10.7 Å². The van der Waals surface area contributed by atoms with E-state index in [1.807, 2.05) is 22.7 Å². The predicted molar refractivity (Wildman–Crippen MR) is 63.4 cm³/mol. The number of rotatable bonds is 2. The van der Waals surface area contributed by atoms with Crippen molar-refractivity contribution < 1.29 is 4.42 Å².